The number of aryl methyl sites for hydroxylation is 1. The zero-order valence-electron chi connectivity index (χ0n) is 17.7. The van der Waals surface area contributed by atoms with Crippen LogP contribution in [0.1, 0.15) is 34.5 Å². The van der Waals surface area contributed by atoms with Gasteiger partial charge in [-0.2, -0.15) is 0 Å². The van der Waals surface area contributed by atoms with Gasteiger partial charge in [0.1, 0.15) is 5.75 Å². The summed E-state index contributed by atoms with van der Waals surface area (Å²) in [5.41, 5.74) is 2.70. The Morgan fingerprint density at radius 1 is 1.10 bits per heavy atom. The summed E-state index contributed by atoms with van der Waals surface area (Å²) in [6.07, 6.45) is 0. The Labute approximate surface area is 186 Å². The Morgan fingerprint density at radius 2 is 1.77 bits per heavy atom. The van der Waals surface area contributed by atoms with Crippen LogP contribution in [-0.4, -0.2) is 61.4 Å². The van der Waals surface area contributed by atoms with Crippen molar-refractivity contribution in [2.45, 2.75) is 19.9 Å². The van der Waals surface area contributed by atoms with Gasteiger partial charge in [-0.25, -0.2) is 0 Å². The second-order valence-corrected chi connectivity index (χ2v) is 8.51. The number of amides is 2. The van der Waals surface area contributed by atoms with Gasteiger partial charge in [-0.05, 0) is 49.2 Å². The Hall–Kier alpha value is -2.38. The highest BCUT2D eigenvalue weighted by Crippen LogP contribution is 2.21. The highest BCUT2D eigenvalue weighted by molar-refractivity contribution is 9.10. The van der Waals surface area contributed by atoms with Crippen LogP contribution >= 0.6 is 15.9 Å². The third-order valence-electron chi connectivity index (χ3n) is 5.43. The van der Waals surface area contributed by atoms with E-state index in [0.717, 1.165) is 21.3 Å². The molecule has 160 valence electrons. The molecule has 0 radical (unpaired) electrons. The standard InChI is InChI=1S/C23H28BrN3O3/c1-16-4-5-19(14-21(16)30-3)23(29)27-12-10-26(11-13-27)15-22(28)25-17(2)18-6-8-20(24)9-7-18/h4-9,14,17H,10-13,15H2,1-3H3,(H,25,28). The van der Waals surface area contributed by atoms with Gasteiger partial charge in [0, 0.05) is 36.2 Å². The average molecular weight is 474 g/mol. The molecule has 6 nitrogen and oxygen atoms in total. The van der Waals surface area contributed by atoms with E-state index in [1.807, 2.05) is 55.1 Å². The minimum Gasteiger partial charge on any atom is -0.496 e. The first-order valence-electron chi connectivity index (χ1n) is 10.1. The van der Waals surface area contributed by atoms with Crippen molar-refractivity contribution < 1.29 is 14.3 Å². The lowest BCUT2D eigenvalue weighted by Crippen LogP contribution is -2.51. The van der Waals surface area contributed by atoms with E-state index in [1.165, 1.54) is 0 Å². The molecule has 1 saturated heterocycles. The van der Waals surface area contributed by atoms with Gasteiger partial charge >= 0.3 is 0 Å². The van der Waals surface area contributed by atoms with Crippen molar-refractivity contribution in [1.29, 1.82) is 0 Å². The van der Waals surface area contributed by atoms with Crippen molar-refractivity contribution in [2.24, 2.45) is 0 Å². The van der Waals surface area contributed by atoms with E-state index < -0.39 is 0 Å². The summed E-state index contributed by atoms with van der Waals surface area (Å²) < 4.78 is 6.34. The number of ether oxygens (including phenoxy) is 1. The number of carbonyl (C=O) groups is 2. The Balaban J connectivity index is 1.48. The normalized spacial score (nSPS) is 15.5. The lowest BCUT2D eigenvalue weighted by Gasteiger charge is -2.34. The monoisotopic (exact) mass is 473 g/mol. The highest BCUT2D eigenvalue weighted by Gasteiger charge is 2.24. The molecule has 1 aliphatic heterocycles. The predicted molar refractivity (Wildman–Crippen MR) is 121 cm³/mol. The van der Waals surface area contributed by atoms with Crippen LogP contribution in [0.3, 0.4) is 0 Å². The van der Waals surface area contributed by atoms with Crippen molar-refractivity contribution >= 4 is 27.7 Å². The summed E-state index contributed by atoms with van der Waals surface area (Å²) in [6, 6.07) is 13.4. The van der Waals surface area contributed by atoms with Crippen LogP contribution in [0.15, 0.2) is 46.9 Å². The van der Waals surface area contributed by atoms with Gasteiger partial charge in [0.15, 0.2) is 0 Å². The molecule has 1 unspecified atom stereocenters. The number of hydrogen-bond donors (Lipinski definition) is 1. The number of nitrogens with one attached hydrogen (secondary N) is 1. The molecule has 0 aromatic heterocycles. The molecule has 2 aromatic carbocycles. The number of rotatable bonds is 6. The highest BCUT2D eigenvalue weighted by atomic mass is 79.9. The summed E-state index contributed by atoms with van der Waals surface area (Å²) >= 11 is 3.42. The molecule has 0 saturated carbocycles. The molecule has 30 heavy (non-hydrogen) atoms. The molecule has 0 spiro atoms. The van der Waals surface area contributed by atoms with E-state index >= 15 is 0 Å². The zero-order valence-corrected chi connectivity index (χ0v) is 19.2. The Kier molecular flexibility index (Phi) is 7.50. The van der Waals surface area contributed by atoms with Crippen LogP contribution in [0, 0.1) is 6.92 Å². The molecular formula is C23H28BrN3O3. The predicted octanol–water partition coefficient (Wildman–Crippen LogP) is 3.40. The molecule has 1 heterocycles. The van der Waals surface area contributed by atoms with E-state index in [2.05, 4.69) is 26.1 Å². The fourth-order valence-electron chi connectivity index (χ4n) is 3.57. The molecule has 3 rings (SSSR count). The van der Waals surface area contributed by atoms with Crippen LogP contribution in [0.5, 0.6) is 5.75 Å². The van der Waals surface area contributed by atoms with Crippen molar-refractivity contribution in [2.75, 3.05) is 39.8 Å². The summed E-state index contributed by atoms with van der Waals surface area (Å²) in [4.78, 5) is 29.2. The maximum atomic E-state index is 12.8. The molecule has 1 fully saturated rings. The summed E-state index contributed by atoms with van der Waals surface area (Å²) in [5, 5.41) is 3.05. The Bertz CT molecular complexity index is 893. The molecule has 1 aliphatic rings. The van der Waals surface area contributed by atoms with Crippen LogP contribution in [-0.2, 0) is 4.79 Å². The fourth-order valence-corrected chi connectivity index (χ4v) is 3.83. The van der Waals surface area contributed by atoms with Gasteiger partial charge < -0.3 is 15.0 Å². The average Bonchev–Trinajstić information content (AvgIpc) is 2.74. The van der Waals surface area contributed by atoms with Crippen LogP contribution in [0.2, 0.25) is 0 Å². The third kappa shape index (κ3) is 5.61. The van der Waals surface area contributed by atoms with Crippen LogP contribution < -0.4 is 10.1 Å². The number of carbonyl (C=O) groups excluding carboxylic acids is 2. The van der Waals surface area contributed by atoms with Crippen molar-refractivity contribution in [3.63, 3.8) is 0 Å². The molecule has 0 bridgehead atoms. The van der Waals surface area contributed by atoms with Crippen molar-refractivity contribution in [3.05, 3.63) is 63.6 Å². The maximum absolute atomic E-state index is 12.8. The first-order chi connectivity index (χ1) is 14.4. The number of piperazine rings is 1. The number of benzene rings is 2. The second-order valence-electron chi connectivity index (χ2n) is 7.59. The smallest absolute Gasteiger partial charge is 0.254 e. The fraction of sp³-hybridized carbons (Fsp3) is 0.391. The number of methoxy groups -OCH3 is 1. The molecule has 7 heteroatoms. The molecule has 2 aromatic rings. The van der Waals surface area contributed by atoms with Gasteiger partial charge in [0.2, 0.25) is 5.91 Å². The Morgan fingerprint density at radius 3 is 2.40 bits per heavy atom. The van der Waals surface area contributed by atoms with E-state index in [1.54, 1.807) is 13.2 Å². The SMILES string of the molecule is COc1cc(C(=O)N2CCN(CC(=O)NC(C)c3ccc(Br)cc3)CC2)ccc1C. The van der Waals surface area contributed by atoms with Crippen LogP contribution in [0.4, 0.5) is 0 Å². The van der Waals surface area contributed by atoms with Crippen LogP contribution in [0.25, 0.3) is 0 Å². The van der Waals surface area contributed by atoms with Gasteiger partial charge in [-0.3, -0.25) is 14.5 Å². The number of nitrogens with zero attached hydrogens (tertiary/aromatic N) is 2. The molecule has 1 N–H and O–H groups in total. The summed E-state index contributed by atoms with van der Waals surface area (Å²) in [7, 11) is 1.61. The molecule has 1 atom stereocenters. The summed E-state index contributed by atoms with van der Waals surface area (Å²) in [6.45, 7) is 6.82. The quantitative estimate of drug-likeness (QED) is 0.698. The maximum Gasteiger partial charge on any atom is 0.254 e. The van der Waals surface area contributed by atoms with Gasteiger partial charge in [0.25, 0.3) is 5.91 Å². The minimum atomic E-state index is -0.0509. The zero-order chi connectivity index (χ0) is 21.7. The third-order valence-corrected chi connectivity index (χ3v) is 5.96. The molecule has 2 amide bonds. The van der Waals surface area contributed by atoms with Gasteiger partial charge in [-0.1, -0.05) is 34.1 Å². The summed E-state index contributed by atoms with van der Waals surface area (Å²) in [5.74, 6) is 0.714. The second kappa shape index (κ2) is 10.1. The van der Waals surface area contributed by atoms with E-state index in [-0.39, 0.29) is 17.9 Å². The van der Waals surface area contributed by atoms with Crippen molar-refractivity contribution in [1.82, 2.24) is 15.1 Å². The minimum absolute atomic E-state index is 0.00117. The van der Waals surface area contributed by atoms with E-state index in [0.29, 0.717) is 38.3 Å². The topological polar surface area (TPSA) is 61.9 Å². The van der Waals surface area contributed by atoms with E-state index in [4.69, 9.17) is 4.74 Å². The molecule has 0 aliphatic carbocycles. The van der Waals surface area contributed by atoms with Crippen molar-refractivity contribution in [3.8, 4) is 5.75 Å². The first-order valence-corrected chi connectivity index (χ1v) is 10.9. The lowest BCUT2D eigenvalue weighted by atomic mass is 10.1. The number of hydrogen-bond acceptors (Lipinski definition) is 4. The number of halogens is 1. The molecular weight excluding hydrogens is 446 g/mol. The van der Waals surface area contributed by atoms with Gasteiger partial charge in [-0.15, -0.1) is 0 Å². The first kappa shape index (κ1) is 22.3. The lowest BCUT2D eigenvalue weighted by molar-refractivity contribution is -0.123. The largest absolute Gasteiger partial charge is 0.496 e. The van der Waals surface area contributed by atoms with E-state index in [9.17, 15) is 9.59 Å². The van der Waals surface area contributed by atoms with Gasteiger partial charge in [0.05, 0.1) is 19.7 Å².